The van der Waals surface area contributed by atoms with Crippen molar-refractivity contribution >= 4 is 22.6 Å². The van der Waals surface area contributed by atoms with E-state index in [4.69, 9.17) is 4.74 Å². The molecular formula is C14H15N3O4S. The Morgan fingerprint density at radius 2 is 2.14 bits per heavy atom. The molecule has 0 aliphatic carbocycles. The number of Topliss-reactive ketones (excluding diaryl/α,β-unsaturated/α-hetero) is 1. The van der Waals surface area contributed by atoms with Gasteiger partial charge in [-0.1, -0.05) is 30.0 Å². The topological polar surface area (TPSA) is 93.8 Å². The number of carbonyl (C=O) groups is 1. The molecule has 22 heavy (non-hydrogen) atoms. The molecule has 1 atom stereocenters. The van der Waals surface area contributed by atoms with Crippen molar-refractivity contribution in [2.75, 3.05) is 7.11 Å². The van der Waals surface area contributed by atoms with Crippen LogP contribution in [-0.4, -0.2) is 29.0 Å². The standard InChI is InChI=1S/C14H15N3O4S/c1-9(18)8-11-15-13(21-2)12(17(19)20)14(16-11)22-10-6-4-3-5-7-10/h3-7,11,15H,8H2,1-2H3. The largest absolute Gasteiger partial charge is 0.478 e. The molecule has 7 nitrogen and oxygen atoms in total. The van der Waals surface area contributed by atoms with Gasteiger partial charge in [-0.3, -0.25) is 14.9 Å². The Morgan fingerprint density at radius 3 is 2.68 bits per heavy atom. The fraction of sp³-hybridized carbons (Fsp3) is 0.286. The number of nitrogens with zero attached hydrogens (tertiary/aromatic N) is 2. The average Bonchev–Trinajstić information content (AvgIpc) is 2.46. The van der Waals surface area contributed by atoms with E-state index in [0.717, 1.165) is 4.90 Å². The second kappa shape index (κ2) is 7.08. The van der Waals surface area contributed by atoms with Gasteiger partial charge in [-0.15, -0.1) is 0 Å². The van der Waals surface area contributed by atoms with Gasteiger partial charge in [0.15, 0.2) is 5.04 Å². The minimum atomic E-state index is -0.567. The first-order chi connectivity index (χ1) is 10.5. The zero-order chi connectivity index (χ0) is 16.1. The lowest BCUT2D eigenvalue weighted by Gasteiger charge is -2.22. The number of methoxy groups -OCH3 is 1. The number of hydrogen-bond acceptors (Lipinski definition) is 7. The molecule has 0 saturated carbocycles. The molecule has 0 bridgehead atoms. The van der Waals surface area contributed by atoms with Crippen LogP contribution in [-0.2, 0) is 9.53 Å². The van der Waals surface area contributed by atoms with Crippen molar-refractivity contribution in [2.24, 2.45) is 4.99 Å². The number of nitrogens with one attached hydrogen (secondary N) is 1. The monoisotopic (exact) mass is 321 g/mol. The van der Waals surface area contributed by atoms with Gasteiger partial charge in [0.05, 0.1) is 12.0 Å². The lowest BCUT2D eigenvalue weighted by Crippen LogP contribution is -2.37. The molecule has 2 rings (SSSR count). The minimum absolute atomic E-state index is 0.0182. The molecule has 1 aromatic carbocycles. The summed E-state index contributed by atoms with van der Waals surface area (Å²) < 4.78 is 5.07. The summed E-state index contributed by atoms with van der Waals surface area (Å²) in [5, 5.41) is 14.3. The molecule has 1 aliphatic heterocycles. The summed E-state index contributed by atoms with van der Waals surface area (Å²) in [5.41, 5.74) is -0.226. The summed E-state index contributed by atoms with van der Waals surface area (Å²) in [5.74, 6) is -0.0463. The molecular weight excluding hydrogens is 306 g/mol. The molecule has 0 saturated heterocycles. The maximum Gasteiger partial charge on any atom is 0.360 e. The molecule has 0 amide bonds. The normalized spacial score (nSPS) is 17.5. The van der Waals surface area contributed by atoms with Crippen LogP contribution in [0.3, 0.4) is 0 Å². The average molecular weight is 321 g/mol. The number of rotatable bonds is 5. The Bertz CT molecular complexity index is 643. The zero-order valence-corrected chi connectivity index (χ0v) is 12.9. The lowest BCUT2D eigenvalue weighted by molar-refractivity contribution is -0.418. The van der Waals surface area contributed by atoms with Gasteiger partial charge in [0.2, 0.25) is 0 Å². The van der Waals surface area contributed by atoms with Crippen molar-refractivity contribution in [1.29, 1.82) is 0 Å². The number of ether oxygens (including phenoxy) is 1. The highest BCUT2D eigenvalue weighted by Gasteiger charge is 2.34. The SMILES string of the molecule is COC1=C([N+](=O)[O-])C(Sc2ccccc2)=NC(CC(C)=O)N1. The molecule has 0 aromatic heterocycles. The zero-order valence-electron chi connectivity index (χ0n) is 12.1. The van der Waals surface area contributed by atoms with Crippen LogP contribution in [0.4, 0.5) is 0 Å². The molecule has 0 radical (unpaired) electrons. The number of thioether (sulfide) groups is 1. The number of carbonyl (C=O) groups excluding carboxylic acids is 1. The molecule has 1 unspecified atom stereocenters. The van der Waals surface area contributed by atoms with E-state index in [1.807, 2.05) is 30.3 Å². The maximum atomic E-state index is 11.3. The second-order valence-electron chi connectivity index (χ2n) is 4.55. The van der Waals surface area contributed by atoms with Crippen LogP contribution in [0.2, 0.25) is 0 Å². The van der Waals surface area contributed by atoms with Gasteiger partial charge in [-0.2, -0.15) is 0 Å². The Morgan fingerprint density at radius 1 is 1.45 bits per heavy atom. The fourth-order valence-corrected chi connectivity index (χ4v) is 2.87. The lowest BCUT2D eigenvalue weighted by atomic mass is 10.2. The third-order valence-corrected chi connectivity index (χ3v) is 3.81. The summed E-state index contributed by atoms with van der Waals surface area (Å²) in [4.78, 5) is 27.2. The van der Waals surface area contributed by atoms with Crippen LogP contribution in [0.1, 0.15) is 13.3 Å². The van der Waals surface area contributed by atoms with Gasteiger partial charge in [-0.05, 0) is 19.1 Å². The Labute approximate surface area is 131 Å². The first-order valence-corrected chi connectivity index (χ1v) is 7.32. The van der Waals surface area contributed by atoms with Crippen LogP contribution in [0.5, 0.6) is 0 Å². The van der Waals surface area contributed by atoms with E-state index in [9.17, 15) is 14.9 Å². The highest BCUT2D eigenvalue weighted by Crippen LogP contribution is 2.28. The minimum Gasteiger partial charge on any atom is -0.478 e. The maximum absolute atomic E-state index is 11.3. The van der Waals surface area contributed by atoms with E-state index in [1.54, 1.807) is 0 Å². The third kappa shape index (κ3) is 3.85. The summed E-state index contributed by atoms with van der Waals surface area (Å²) in [7, 11) is 1.34. The quantitative estimate of drug-likeness (QED) is 0.660. The number of benzene rings is 1. The van der Waals surface area contributed by atoms with Crippen molar-refractivity contribution in [3.63, 3.8) is 0 Å². The number of ketones is 1. The van der Waals surface area contributed by atoms with E-state index < -0.39 is 11.1 Å². The molecule has 0 spiro atoms. The van der Waals surface area contributed by atoms with Crippen LogP contribution in [0.15, 0.2) is 51.8 Å². The van der Waals surface area contributed by atoms with Crippen LogP contribution in [0, 0.1) is 10.1 Å². The van der Waals surface area contributed by atoms with Crippen LogP contribution in [0.25, 0.3) is 0 Å². The van der Waals surface area contributed by atoms with Crippen LogP contribution >= 0.6 is 11.8 Å². The highest BCUT2D eigenvalue weighted by atomic mass is 32.2. The van der Waals surface area contributed by atoms with Crippen molar-refractivity contribution < 1.29 is 14.5 Å². The van der Waals surface area contributed by atoms with E-state index in [1.165, 1.54) is 25.8 Å². The molecule has 116 valence electrons. The summed E-state index contributed by atoms with van der Waals surface area (Å²) in [6.07, 6.45) is -0.432. The number of nitro groups is 1. The Hall–Kier alpha value is -2.35. The number of hydrogen-bond donors (Lipinski definition) is 1. The third-order valence-electron chi connectivity index (χ3n) is 2.81. The molecule has 1 aromatic rings. The first kappa shape index (κ1) is 16.0. The Balaban J connectivity index is 2.37. The van der Waals surface area contributed by atoms with Gasteiger partial charge in [0.1, 0.15) is 11.9 Å². The van der Waals surface area contributed by atoms with E-state index in [-0.39, 0.29) is 28.8 Å². The summed E-state index contributed by atoms with van der Waals surface area (Å²) in [6.45, 7) is 1.44. The molecule has 1 aliphatic rings. The predicted octanol–water partition coefficient (Wildman–Crippen LogP) is 2.18. The first-order valence-electron chi connectivity index (χ1n) is 6.51. The van der Waals surface area contributed by atoms with E-state index in [0.29, 0.717) is 0 Å². The van der Waals surface area contributed by atoms with Crippen molar-refractivity contribution in [2.45, 2.75) is 24.4 Å². The van der Waals surface area contributed by atoms with Gasteiger partial charge in [0, 0.05) is 11.3 Å². The van der Waals surface area contributed by atoms with Crippen molar-refractivity contribution in [3.05, 3.63) is 52.0 Å². The van der Waals surface area contributed by atoms with Gasteiger partial charge in [-0.25, -0.2) is 4.99 Å². The number of aliphatic imine (C=N–C) groups is 1. The predicted molar refractivity (Wildman–Crippen MR) is 83.0 cm³/mol. The summed E-state index contributed by atoms with van der Waals surface area (Å²) >= 11 is 1.17. The van der Waals surface area contributed by atoms with Crippen molar-refractivity contribution in [3.8, 4) is 0 Å². The fourth-order valence-electron chi connectivity index (χ4n) is 1.91. The van der Waals surface area contributed by atoms with Gasteiger partial charge >= 0.3 is 5.70 Å². The van der Waals surface area contributed by atoms with Gasteiger partial charge in [0.25, 0.3) is 5.88 Å². The van der Waals surface area contributed by atoms with E-state index in [2.05, 4.69) is 10.3 Å². The molecule has 1 N–H and O–H groups in total. The molecule has 1 heterocycles. The highest BCUT2D eigenvalue weighted by molar-refractivity contribution is 8.14. The molecule has 0 fully saturated rings. The van der Waals surface area contributed by atoms with Crippen LogP contribution < -0.4 is 5.32 Å². The second-order valence-corrected chi connectivity index (χ2v) is 5.62. The van der Waals surface area contributed by atoms with Gasteiger partial charge < -0.3 is 10.1 Å². The molecule has 8 heteroatoms. The smallest absolute Gasteiger partial charge is 0.360 e. The summed E-state index contributed by atoms with van der Waals surface area (Å²) in [6, 6.07) is 9.20. The van der Waals surface area contributed by atoms with Crippen molar-refractivity contribution in [1.82, 2.24) is 5.32 Å². The Kier molecular flexibility index (Phi) is 5.16. The van der Waals surface area contributed by atoms with E-state index >= 15 is 0 Å².